The van der Waals surface area contributed by atoms with Gasteiger partial charge in [0, 0.05) is 0 Å². The van der Waals surface area contributed by atoms with Gasteiger partial charge in [-0.2, -0.15) is 0 Å². The van der Waals surface area contributed by atoms with Gasteiger partial charge >= 0.3 is 5.97 Å². The first-order chi connectivity index (χ1) is 12.2. The average molecular weight is 382 g/mol. The number of hydrogen-bond donors (Lipinski definition) is 2. The van der Waals surface area contributed by atoms with Gasteiger partial charge in [0.1, 0.15) is 17.5 Å². The summed E-state index contributed by atoms with van der Waals surface area (Å²) >= 11 is 0. The number of ketones is 1. The van der Waals surface area contributed by atoms with Crippen LogP contribution in [-0.2, 0) is 29.0 Å². The third-order valence-electron chi connectivity index (χ3n) is 4.04. The number of aliphatic carboxylic acids is 1. The maximum atomic E-state index is 12.1. The van der Waals surface area contributed by atoms with Gasteiger partial charge in [0.15, 0.2) is 33.6 Å². The molecular formula is C15H14N2O8S. The van der Waals surface area contributed by atoms with E-state index in [9.17, 15) is 27.6 Å². The minimum Gasteiger partial charge on any atom is -0.484 e. The predicted octanol–water partition coefficient (Wildman–Crippen LogP) is -1.83. The Labute approximate surface area is 147 Å². The van der Waals surface area contributed by atoms with Gasteiger partial charge in [0.25, 0.3) is 11.8 Å². The molecule has 2 amide bonds. The van der Waals surface area contributed by atoms with Gasteiger partial charge < -0.3 is 20.1 Å². The van der Waals surface area contributed by atoms with E-state index in [-0.39, 0.29) is 0 Å². The first-order valence-corrected chi connectivity index (χ1v) is 9.20. The second-order valence-electron chi connectivity index (χ2n) is 5.80. The molecule has 138 valence electrons. The quantitative estimate of drug-likeness (QED) is 0.446. The summed E-state index contributed by atoms with van der Waals surface area (Å²) in [6, 6.07) is 5.06. The Bertz CT molecular complexity index is 882. The van der Waals surface area contributed by atoms with E-state index in [1.165, 1.54) is 0 Å². The van der Waals surface area contributed by atoms with Crippen LogP contribution < -0.4 is 10.1 Å². The van der Waals surface area contributed by atoms with Crippen LogP contribution >= 0.6 is 0 Å². The third-order valence-corrected chi connectivity index (χ3v) is 5.96. The molecule has 3 rings (SSSR count). The number of carbonyl (C=O) groups excluding carboxylic acids is 3. The fourth-order valence-electron chi connectivity index (χ4n) is 2.93. The van der Waals surface area contributed by atoms with E-state index in [1.807, 2.05) is 0 Å². The number of carbonyl (C=O) groups is 4. The molecule has 2 fully saturated rings. The van der Waals surface area contributed by atoms with Gasteiger partial charge in [0.05, 0.1) is 0 Å². The van der Waals surface area contributed by atoms with Crippen LogP contribution in [0.15, 0.2) is 30.3 Å². The molecule has 0 aliphatic carbocycles. The summed E-state index contributed by atoms with van der Waals surface area (Å²) in [5, 5.41) is 9.73. The molecule has 2 saturated heterocycles. The largest absolute Gasteiger partial charge is 0.484 e. The molecule has 0 saturated carbocycles. The highest BCUT2D eigenvalue weighted by Crippen LogP contribution is 2.33. The van der Waals surface area contributed by atoms with Crippen molar-refractivity contribution in [2.24, 2.45) is 0 Å². The van der Waals surface area contributed by atoms with Crippen molar-refractivity contribution < 1.29 is 37.4 Å². The van der Waals surface area contributed by atoms with Crippen molar-refractivity contribution in [1.82, 2.24) is 10.2 Å². The molecule has 2 unspecified atom stereocenters. The van der Waals surface area contributed by atoms with E-state index in [4.69, 9.17) is 9.84 Å². The Morgan fingerprint density at radius 2 is 1.88 bits per heavy atom. The number of nitrogens with zero attached hydrogens (tertiary/aromatic N) is 1. The number of rotatable bonds is 5. The van der Waals surface area contributed by atoms with Crippen molar-refractivity contribution in [3.8, 4) is 5.75 Å². The van der Waals surface area contributed by atoms with Gasteiger partial charge in [-0.05, 0) is 12.1 Å². The lowest BCUT2D eigenvalue weighted by Gasteiger charge is -2.50. The molecule has 0 spiro atoms. The molecule has 2 heterocycles. The standard InChI is InChI=1S/C15H14N2O8S/c18-9-7-26(23,24)14-11(13(20)17(14)12(9)15(21)22)16-10(19)6-25-8-4-2-1-3-5-8/h1-5,11-12,14H,6-7H2,(H,16,19)(H,21,22)/t11?,12?,14-/m0/s1. The lowest BCUT2D eigenvalue weighted by Crippen LogP contribution is -2.80. The molecular weight excluding hydrogens is 368 g/mol. The summed E-state index contributed by atoms with van der Waals surface area (Å²) < 4.78 is 29.5. The summed E-state index contributed by atoms with van der Waals surface area (Å²) in [6.07, 6.45) is 0. The smallest absolute Gasteiger partial charge is 0.334 e. The number of carboxylic acid groups (broad SMARTS) is 1. The molecule has 2 N–H and O–H groups in total. The highest BCUT2D eigenvalue weighted by atomic mass is 32.2. The van der Waals surface area contributed by atoms with Crippen molar-refractivity contribution in [2.75, 3.05) is 12.4 Å². The van der Waals surface area contributed by atoms with E-state index >= 15 is 0 Å². The topological polar surface area (TPSA) is 147 Å². The van der Waals surface area contributed by atoms with Crippen molar-refractivity contribution in [3.63, 3.8) is 0 Å². The summed E-state index contributed by atoms with van der Waals surface area (Å²) in [5.74, 6) is -4.96. The number of benzene rings is 1. The maximum absolute atomic E-state index is 12.1. The molecule has 11 heteroatoms. The van der Waals surface area contributed by atoms with Crippen LogP contribution in [0.4, 0.5) is 0 Å². The lowest BCUT2D eigenvalue weighted by atomic mass is 10.0. The van der Waals surface area contributed by atoms with Crippen LogP contribution in [0.1, 0.15) is 0 Å². The van der Waals surface area contributed by atoms with Crippen LogP contribution in [0.3, 0.4) is 0 Å². The Morgan fingerprint density at radius 3 is 2.50 bits per heavy atom. The monoisotopic (exact) mass is 382 g/mol. The first kappa shape index (κ1) is 17.9. The fourth-order valence-corrected chi connectivity index (χ4v) is 4.83. The van der Waals surface area contributed by atoms with Crippen molar-refractivity contribution in [1.29, 1.82) is 0 Å². The zero-order valence-electron chi connectivity index (χ0n) is 13.2. The number of fused-ring (bicyclic) bond motifs is 1. The second kappa shape index (κ2) is 6.41. The van der Waals surface area contributed by atoms with E-state index in [0.717, 1.165) is 0 Å². The van der Waals surface area contributed by atoms with Crippen LogP contribution in [0, 0.1) is 0 Å². The second-order valence-corrected chi connectivity index (χ2v) is 7.89. The number of nitrogens with one attached hydrogen (secondary N) is 1. The number of ether oxygens (including phenoxy) is 1. The number of carboxylic acids is 1. The van der Waals surface area contributed by atoms with Crippen molar-refractivity contribution in [3.05, 3.63) is 30.3 Å². The Balaban J connectivity index is 1.70. The predicted molar refractivity (Wildman–Crippen MR) is 84.7 cm³/mol. The number of hydrogen-bond acceptors (Lipinski definition) is 7. The molecule has 10 nitrogen and oxygen atoms in total. The number of Topliss-reactive ketones (excluding diaryl/α,β-unsaturated/α-hetero) is 1. The third kappa shape index (κ3) is 3.01. The number of amides is 2. The van der Waals surface area contributed by atoms with Gasteiger partial charge in [-0.3, -0.25) is 14.4 Å². The lowest BCUT2D eigenvalue weighted by molar-refractivity contribution is -0.165. The van der Waals surface area contributed by atoms with E-state index < -0.39 is 63.2 Å². The number of sulfone groups is 1. The zero-order chi connectivity index (χ0) is 19.1. The average Bonchev–Trinajstić information content (AvgIpc) is 2.57. The van der Waals surface area contributed by atoms with Crippen LogP contribution in [0.5, 0.6) is 5.75 Å². The van der Waals surface area contributed by atoms with Gasteiger partial charge in [-0.15, -0.1) is 0 Å². The highest BCUT2D eigenvalue weighted by Gasteiger charge is 2.63. The minimum atomic E-state index is -4.10. The molecule has 3 atom stereocenters. The Morgan fingerprint density at radius 1 is 1.23 bits per heavy atom. The molecule has 1 aromatic carbocycles. The van der Waals surface area contributed by atoms with Gasteiger partial charge in [-0.1, -0.05) is 18.2 Å². The number of para-hydroxylation sites is 1. The molecule has 26 heavy (non-hydrogen) atoms. The van der Waals surface area contributed by atoms with Gasteiger partial charge in [0.2, 0.25) is 0 Å². The van der Waals surface area contributed by atoms with E-state index in [1.54, 1.807) is 30.3 Å². The molecule has 1 aromatic rings. The van der Waals surface area contributed by atoms with Crippen LogP contribution in [0.2, 0.25) is 0 Å². The normalized spacial score (nSPS) is 26.5. The van der Waals surface area contributed by atoms with Gasteiger partial charge in [-0.25, -0.2) is 13.2 Å². The summed E-state index contributed by atoms with van der Waals surface area (Å²) in [5.41, 5.74) is 0. The summed E-state index contributed by atoms with van der Waals surface area (Å²) in [4.78, 5) is 47.5. The fraction of sp³-hybridized carbons (Fsp3) is 0.333. The van der Waals surface area contributed by atoms with E-state index in [0.29, 0.717) is 10.6 Å². The van der Waals surface area contributed by atoms with Crippen LogP contribution in [-0.4, -0.2) is 71.8 Å². The zero-order valence-corrected chi connectivity index (χ0v) is 14.0. The molecule has 2 aliphatic rings. The Kier molecular flexibility index (Phi) is 4.40. The highest BCUT2D eigenvalue weighted by molar-refractivity contribution is 7.93. The number of β-lactam (4-membered cyclic amide) rings is 1. The summed E-state index contributed by atoms with van der Waals surface area (Å²) in [6.45, 7) is -0.456. The SMILES string of the molecule is O=C(COc1ccccc1)NC1C(=O)N2C(C(=O)O)C(=O)CS(=O)(=O)[C@@H]12. The van der Waals surface area contributed by atoms with Crippen molar-refractivity contribution >= 4 is 33.4 Å². The summed E-state index contributed by atoms with van der Waals surface area (Å²) in [7, 11) is -4.10. The molecule has 2 aliphatic heterocycles. The molecule has 0 radical (unpaired) electrons. The first-order valence-electron chi connectivity index (χ1n) is 7.49. The maximum Gasteiger partial charge on any atom is 0.334 e. The molecule has 0 aromatic heterocycles. The molecule has 0 bridgehead atoms. The van der Waals surface area contributed by atoms with Crippen molar-refractivity contribution in [2.45, 2.75) is 17.5 Å². The Hall–Kier alpha value is -2.95. The minimum absolute atomic E-state index is 0.408. The van der Waals surface area contributed by atoms with E-state index in [2.05, 4.69) is 5.32 Å². The van der Waals surface area contributed by atoms with Crippen LogP contribution in [0.25, 0.3) is 0 Å².